The molecule has 0 spiro atoms. The quantitative estimate of drug-likeness (QED) is 0.515. The van der Waals surface area contributed by atoms with Gasteiger partial charge in [-0.3, -0.25) is 0 Å². The molecular formula is B2TaZr. The molecule has 0 bridgehead atoms. The van der Waals surface area contributed by atoms with Gasteiger partial charge in [-0.2, -0.15) is 0 Å². The fourth-order valence-electron chi connectivity index (χ4n) is 0. The number of rotatable bonds is 0. The Morgan fingerprint density at radius 1 is 1.25 bits per heavy atom. The summed E-state index contributed by atoms with van der Waals surface area (Å²) in [6.45, 7) is 0. The van der Waals surface area contributed by atoms with Crippen molar-refractivity contribution in [2.45, 2.75) is 0 Å². The van der Waals surface area contributed by atoms with Crippen molar-refractivity contribution >= 4 is 9.45 Å². The molecule has 0 fully saturated rings. The first-order valence-electron chi connectivity index (χ1n) is 0.577. The van der Waals surface area contributed by atoms with Gasteiger partial charge in [0, 0.05) is 22.4 Å². The van der Waals surface area contributed by atoms with Crippen LogP contribution in [-0.4, -0.2) is 9.45 Å². The molecule has 0 amide bonds. The molecule has 0 heterocycles. The van der Waals surface area contributed by atoms with Gasteiger partial charge in [0.05, 0.1) is 0 Å². The summed E-state index contributed by atoms with van der Waals surface area (Å²) in [5.74, 6) is 0. The van der Waals surface area contributed by atoms with E-state index in [4.69, 9.17) is 9.45 Å². The molecule has 0 rings (SSSR count). The smallest absolute Gasteiger partial charge is 0 e. The predicted molar refractivity (Wildman–Crippen MR) is 11.5 cm³/mol. The minimum Gasteiger partial charge on any atom is 0 e. The topological polar surface area (TPSA) is 0 Å². The number of hydrogen-bond donors (Lipinski definition) is 0. The van der Waals surface area contributed by atoms with Gasteiger partial charge in [-0.1, -0.05) is 0 Å². The van der Waals surface area contributed by atoms with Crippen LogP contribution in [0.4, 0.5) is 0 Å². The van der Waals surface area contributed by atoms with E-state index >= 15 is 0 Å². The van der Waals surface area contributed by atoms with Crippen molar-refractivity contribution in [1.29, 1.82) is 0 Å². The second kappa shape index (κ2) is 8.83. The average molecular weight is 294 g/mol. The maximum atomic E-state index is 4.80. The van der Waals surface area contributed by atoms with Crippen LogP contribution in [0.15, 0.2) is 0 Å². The molecule has 0 nitrogen and oxygen atoms in total. The molecule has 0 aliphatic carbocycles. The van der Waals surface area contributed by atoms with E-state index in [1.54, 1.807) is 0 Å². The first-order chi connectivity index (χ1) is 1.41. The minimum absolute atomic E-state index is 0. The van der Waals surface area contributed by atoms with Gasteiger partial charge in [0.2, 0.25) is 0 Å². The van der Waals surface area contributed by atoms with E-state index in [9.17, 15) is 0 Å². The summed E-state index contributed by atoms with van der Waals surface area (Å²) in [7, 11) is 0. The maximum absolute atomic E-state index is 4.80. The zero-order valence-corrected chi connectivity index (χ0v) is 7.77. The van der Waals surface area contributed by atoms with Gasteiger partial charge in [0.25, 0.3) is 0 Å². The fraction of sp³-hybridized carbons (Fsp3) is 0. The first kappa shape index (κ1) is 9.23. The molecule has 0 aromatic rings. The Balaban J connectivity index is 0. The van der Waals surface area contributed by atoms with Crippen LogP contribution in [0.3, 0.4) is 0 Å². The van der Waals surface area contributed by atoms with Crippen LogP contribution < -0.4 is 0 Å². The van der Waals surface area contributed by atoms with Crippen LogP contribution in [0, 0.1) is 0 Å². The molecule has 4 heavy (non-hydrogen) atoms. The van der Waals surface area contributed by atoms with Crippen molar-refractivity contribution in [3.63, 3.8) is 0 Å². The molecule has 0 aromatic heterocycles. The minimum atomic E-state index is -0.770. The van der Waals surface area contributed by atoms with E-state index in [2.05, 4.69) is 0 Å². The van der Waals surface area contributed by atoms with E-state index in [-0.39, 0.29) is 22.4 Å². The maximum Gasteiger partial charge on any atom is 0 e. The molecule has 0 N–H and O–H groups in total. The molecule has 0 atom stereocenters. The second-order valence-electron chi connectivity index (χ2n) is 0.167. The average Bonchev–Trinajstić information content (AvgIpc) is 0.918. The zero-order valence-electron chi connectivity index (χ0n) is 2.10. The monoisotopic (exact) mass is 293 g/mol. The van der Waals surface area contributed by atoms with Gasteiger partial charge in [0.1, 0.15) is 0 Å². The van der Waals surface area contributed by atoms with Crippen molar-refractivity contribution in [1.82, 2.24) is 0 Å². The molecule has 0 aromatic carbocycles. The van der Waals surface area contributed by atoms with Gasteiger partial charge in [0.15, 0.2) is 0 Å². The standard InChI is InChI=1S/2B.Ta.Zr. The van der Waals surface area contributed by atoms with Crippen molar-refractivity contribution in [2.75, 3.05) is 0 Å². The first-order valence-corrected chi connectivity index (χ1v) is 3.42. The van der Waals surface area contributed by atoms with E-state index < -0.39 is 21.3 Å². The molecule has 0 saturated heterocycles. The molecule has 0 aliphatic heterocycles. The molecule has 1 radical (unpaired) electrons. The summed E-state index contributed by atoms with van der Waals surface area (Å²) in [5, 5.41) is 0. The van der Waals surface area contributed by atoms with Gasteiger partial charge in [-0.05, 0) is 0 Å². The van der Waals surface area contributed by atoms with E-state index in [0.717, 1.165) is 0 Å². The summed E-state index contributed by atoms with van der Waals surface area (Å²) < 4.78 is 9.59. The predicted octanol–water partition coefficient (Wildman–Crippen LogP) is -0.767. The van der Waals surface area contributed by atoms with Crippen molar-refractivity contribution in [3.05, 3.63) is 0 Å². The zero-order chi connectivity index (χ0) is 2.71. The van der Waals surface area contributed by atoms with Crippen LogP contribution in [0.2, 0.25) is 0 Å². The molecule has 0 saturated carbocycles. The molecule has 15 valence electrons. The summed E-state index contributed by atoms with van der Waals surface area (Å²) in [5.41, 5.74) is 0. The summed E-state index contributed by atoms with van der Waals surface area (Å²) in [6, 6.07) is 0. The normalized spacial score (nSPS) is 6.00. The Bertz CT molecular complexity index is 79.2. The third kappa shape index (κ3) is 9.26. The Labute approximate surface area is 52.6 Å². The number of hydrogen-bond acceptors (Lipinski definition) is 0. The van der Waals surface area contributed by atoms with E-state index in [1.165, 1.54) is 0 Å². The van der Waals surface area contributed by atoms with Crippen LogP contribution in [0.25, 0.3) is 0 Å². The van der Waals surface area contributed by atoms with Gasteiger partial charge in [-0.25, -0.2) is 0 Å². The SMILES string of the molecule is [B]#[Zr]#[B].[Ta]. The largest absolute Gasteiger partial charge is 0 e. The van der Waals surface area contributed by atoms with Gasteiger partial charge in [-0.15, -0.1) is 0 Å². The fourth-order valence-corrected chi connectivity index (χ4v) is 0. The van der Waals surface area contributed by atoms with Gasteiger partial charge >= 0.3 is 30.8 Å². The molecule has 4 heteroatoms. The molecule has 0 aliphatic rings. The summed E-state index contributed by atoms with van der Waals surface area (Å²) in [6.07, 6.45) is 0. The van der Waals surface area contributed by atoms with E-state index in [0.29, 0.717) is 0 Å². The molecule has 0 unspecified atom stereocenters. The van der Waals surface area contributed by atoms with Gasteiger partial charge < -0.3 is 0 Å². The summed E-state index contributed by atoms with van der Waals surface area (Å²) >= 11 is -0.770. The van der Waals surface area contributed by atoms with Crippen molar-refractivity contribution < 1.29 is 43.7 Å². The van der Waals surface area contributed by atoms with E-state index in [1.807, 2.05) is 0 Å². The van der Waals surface area contributed by atoms with Crippen LogP contribution in [0.5, 0.6) is 0 Å². The van der Waals surface area contributed by atoms with Crippen LogP contribution in [0.1, 0.15) is 0 Å². The molecular weight excluding hydrogens is 294 g/mol. The summed E-state index contributed by atoms with van der Waals surface area (Å²) in [4.78, 5) is 0. The Kier molecular flexibility index (Phi) is 20.4. The van der Waals surface area contributed by atoms with Crippen LogP contribution >= 0.6 is 0 Å². The Morgan fingerprint density at radius 3 is 1.25 bits per heavy atom. The Hall–Kier alpha value is 1.75. The second-order valence-corrected chi connectivity index (χ2v) is 0.986. The Morgan fingerprint density at radius 2 is 1.25 bits per heavy atom. The third-order valence-corrected chi connectivity index (χ3v) is 0. The van der Waals surface area contributed by atoms with Crippen LogP contribution in [-0.2, 0) is 43.7 Å². The van der Waals surface area contributed by atoms with Crippen molar-refractivity contribution in [2.24, 2.45) is 0 Å². The third-order valence-electron chi connectivity index (χ3n) is 0. The van der Waals surface area contributed by atoms with Crippen molar-refractivity contribution in [3.8, 4) is 0 Å².